The van der Waals surface area contributed by atoms with Gasteiger partial charge in [0.25, 0.3) is 5.91 Å². The van der Waals surface area contributed by atoms with Crippen LogP contribution in [0.25, 0.3) is 0 Å². The number of halogens is 1. The third kappa shape index (κ3) is 3.91. The van der Waals surface area contributed by atoms with Crippen LogP contribution in [0.3, 0.4) is 0 Å². The van der Waals surface area contributed by atoms with Gasteiger partial charge >= 0.3 is 0 Å². The Hall–Kier alpha value is -2.76. The first-order chi connectivity index (χ1) is 11.1. The summed E-state index contributed by atoms with van der Waals surface area (Å²) in [7, 11) is 3.01. The van der Waals surface area contributed by atoms with Crippen molar-refractivity contribution in [3.8, 4) is 17.2 Å². The second kappa shape index (κ2) is 7.49. The fourth-order valence-corrected chi connectivity index (χ4v) is 2.05. The summed E-state index contributed by atoms with van der Waals surface area (Å²) < 4.78 is 28.9. The van der Waals surface area contributed by atoms with Crippen LogP contribution in [-0.2, 0) is 0 Å². The van der Waals surface area contributed by atoms with Gasteiger partial charge in [0.2, 0.25) is 0 Å². The van der Waals surface area contributed by atoms with Crippen molar-refractivity contribution in [1.82, 2.24) is 0 Å². The van der Waals surface area contributed by atoms with Gasteiger partial charge in [-0.15, -0.1) is 0 Å². The molecule has 0 saturated heterocycles. The molecule has 122 valence electrons. The Balaban J connectivity index is 2.25. The summed E-state index contributed by atoms with van der Waals surface area (Å²) in [5, 5.41) is 2.70. The number of amides is 1. The van der Waals surface area contributed by atoms with Crippen molar-refractivity contribution in [3.63, 3.8) is 0 Å². The number of ether oxygens (including phenoxy) is 3. The van der Waals surface area contributed by atoms with Crippen molar-refractivity contribution in [1.29, 1.82) is 0 Å². The van der Waals surface area contributed by atoms with E-state index in [9.17, 15) is 9.18 Å². The van der Waals surface area contributed by atoms with Crippen LogP contribution >= 0.6 is 0 Å². The molecule has 6 heteroatoms. The standard InChI is InChI=1S/C17H18FNO4/c1-4-23-15-10-12(18)6-7-13(15)19-17(20)11-5-8-14(21-2)16(9-11)22-3/h5-10H,4H2,1-3H3,(H,19,20). The van der Waals surface area contributed by atoms with Crippen LogP contribution in [0.2, 0.25) is 0 Å². The number of carbonyl (C=O) groups is 1. The number of rotatable bonds is 6. The van der Waals surface area contributed by atoms with Gasteiger partial charge in [-0.3, -0.25) is 4.79 Å². The first-order valence-corrected chi connectivity index (χ1v) is 7.04. The second-order valence-electron chi connectivity index (χ2n) is 4.60. The van der Waals surface area contributed by atoms with Gasteiger partial charge < -0.3 is 19.5 Å². The van der Waals surface area contributed by atoms with Crippen LogP contribution in [0.5, 0.6) is 17.2 Å². The fraction of sp³-hybridized carbons (Fsp3) is 0.235. The Kier molecular flexibility index (Phi) is 5.41. The number of nitrogens with one attached hydrogen (secondary N) is 1. The number of methoxy groups -OCH3 is 2. The number of hydrogen-bond donors (Lipinski definition) is 1. The molecule has 1 amide bonds. The Bertz CT molecular complexity index is 703. The Morgan fingerprint density at radius 1 is 1.04 bits per heavy atom. The van der Waals surface area contributed by atoms with E-state index in [1.807, 2.05) is 0 Å². The Labute approximate surface area is 134 Å². The average molecular weight is 319 g/mol. The fourth-order valence-electron chi connectivity index (χ4n) is 2.05. The SMILES string of the molecule is CCOc1cc(F)ccc1NC(=O)c1ccc(OC)c(OC)c1. The van der Waals surface area contributed by atoms with E-state index in [4.69, 9.17) is 14.2 Å². The van der Waals surface area contributed by atoms with Gasteiger partial charge in [-0.1, -0.05) is 0 Å². The summed E-state index contributed by atoms with van der Waals surface area (Å²) in [5.74, 6) is 0.461. The van der Waals surface area contributed by atoms with Crippen LogP contribution in [-0.4, -0.2) is 26.7 Å². The molecule has 1 N–H and O–H groups in total. The summed E-state index contributed by atoms with van der Waals surface area (Å²) in [5.41, 5.74) is 0.780. The topological polar surface area (TPSA) is 56.8 Å². The van der Waals surface area contributed by atoms with E-state index in [1.54, 1.807) is 25.1 Å². The molecule has 0 radical (unpaired) electrons. The molecule has 0 bridgehead atoms. The zero-order valence-electron chi connectivity index (χ0n) is 13.2. The van der Waals surface area contributed by atoms with Crippen molar-refractivity contribution in [3.05, 3.63) is 47.8 Å². The molecule has 0 unspecified atom stereocenters. The van der Waals surface area contributed by atoms with Crippen LogP contribution in [0.1, 0.15) is 17.3 Å². The van der Waals surface area contributed by atoms with E-state index in [-0.39, 0.29) is 11.7 Å². The lowest BCUT2D eigenvalue weighted by Gasteiger charge is -2.13. The summed E-state index contributed by atoms with van der Waals surface area (Å²) >= 11 is 0. The molecule has 0 atom stereocenters. The molecule has 0 aliphatic heterocycles. The summed E-state index contributed by atoms with van der Waals surface area (Å²) in [4.78, 5) is 12.4. The number of carbonyl (C=O) groups excluding carboxylic acids is 1. The molecular weight excluding hydrogens is 301 g/mol. The van der Waals surface area contributed by atoms with E-state index in [2.05, 4.69) is 5.32 Å². The highest BCUT2D eigenvalue weighted by Crippen LogP contribution is 2.29. The van der Waals surface area contributed by atoms with Crippen molar-refractivity contribution < 1.29 is 23.4 Å². The van der Waals surface area contributed by atoms with Crippen LogP contribution in [0.15, 0.2) is 36.4 Å². The molecule has 0 fully saturated rings. The van der Waals surface area contributed by atoms with Crippen molar-refractivity contribution in [2.45, 2.75) is 6.92 Å². The third-order valence-electron chi connectivity index (χ3n) is 3.14. The maximum absolute atomic E-state index is 13.3. The van der Waals surface area contributed by atoms with Crippen molar-refractivity contribution in [2.75, 3.05) is 26.1 Å². The van der Waals surface area contributed by atoms with E-state index >= 15 is 0 Å². The second-order valence-corrected chi connectivity index (χ2v) is 4.60. The van der Waals surface area contributed by atoms with E-state index in [0.29, 0.717) is 29.4 Å². The van der Waals surface area contributed by atoms with Crippen molar-refractivity contribution >= 4 is 11.6 Å². The Morgan fingerprint density at radius 3 is 2.43 bits per heavy atom. The molecule has 0 saturated carbocycles. The highest BCUT2D eigenvalue weighted by Gasteiger charge is 2.13. The largest absolute Gasteiger partial charge is 0.493 e. The lowest BCUT2D eigenvalue weighted by atomic mass is 10.1. The van der Waals surface area contributed by atoms with Crippen LogP contribution in [0, 0.1) is 5.82 Å². The van der Waals surface area contributed by atoms with Gasteiger partial charge in [0.15, 0.2) is 11.5 Å². The average Bonchev–Trinajstić information content (AvgIpc) is 2.56. The predicted molar refractivity (Wildman–Crippen MR) is 85.1 cm³/mol. The third-order valence-corrected chi connectivity index (χ3v) is 3.14. The van der Waals surface area contributed by atoms with Gasteiger partial charge in [-0.25, -0.2) is 4.39 Å². The number of benzene rings is 2. The molecule has 2 rings (SSSR count). The van der Waals surface area contributed by atoms with E-state index in [1.165, 1.54) is 32.4 Å². The number of anilines is 1. The zero-order chi connectivity index (χ0) is 16.8. The summed E-state index contributed by atoms with van der Waals surface area (Å²) in [6.07, 6.45) is 0. The van der Waals surface area contributed by atoms with Gasteiger partial charge in [0, 0.05) is 11.6 Å². The molecule has 2 aromatic carbocycles. The predicted octanol–water partition coefficient (Wildman–Crippen LogP) is 3.49. The quantitative estimate of drug-likeness (QED) is 0.885. The minimum atomic E-state index is -0.433. The maximum atomic E-state index is 13.3. The molecule has 0 spiro atoms. The maximum Gasteiger partial charge on any atom is 0.255 e. The monoisotopic (exact) mass is 319 g/mol. The highest BCUT2D eigenvalue weighted by molar-refractivity contribution is 6.05. The highest BCUT2D eigenvalue weighted by atomic mass is 19.1. The van der Waals surface area contributed by atoms with E-state index < -0.39 is 5.82 Å². The van der Waals surface area contributed by atoms with Gasteiger partial charge in [-0.05, 0) is 37.3 Å². The smallest absolute Gasteiger partial charge is 0.255 e. The zero-order valence-corrected chi connectivity index (χ0v) is 13.2. The molecule has 2 aromatic rings. The molecule has 0 aliphatic carbocycles. The molecular formula is C17H18FNO4. The molecule has 0 aliphatic rings. The van der Waals surface area contributed by atoms with Crippen LogP contribution in [0.4, 0.5) is 10.1 Å². The summed E-state index contributed by atoms with van der Waals surface area (Å²) in [6.45, 7) is 2.15. The molecule has 5 nitrogen and oxygen atoms in total. The molecule has 23 heavy (non-hydrogen) atoms. The summed E-state index contributed by atoms with van der Waals surface area (Å²) in [6, 6.07) is 8.76. The van der Waals surface area contributed by atoms with Crippen LogP contribution < -0.4 is 19.5 Å². The van der Waals surface area contributed by atoms with Gasteiger partial charge in [0.1, 0.15) is 11.6 Å². The van der Waals surface area contributed by atoms with Crippen molar-refractivity contribution in [2.24, 2.45) is 0 Å². The lowest BCUT2D eigenvalue weighted by Crippen LogP contribution is -2.13. The first-order valence-electron chi connectivity index (χ1n) is 7.04. The minimum absolute atomic E-state index is 0.279. The van der Waals surface area contributed by atoms with E-state index in [0.717, 1.165) is 0 Å². The van der Waals surface area contributed by atoms with Gasteiger partial charge in [-0.2, -0.15) is 0 Å². The Morgan fingerprint density at radius 2 is 1.78 bits per heavy atom. The minimum Gasteiger partial charge on any atom is -0.493 e. The number of hydrogen-bond acceptors (Lipinski definition) is 4. The molecule has 0 heterocycles. The lowest BCUT2D eigenvalue weighted by molar-refractivity contribution is 0.102. The molecule has 0 aromatic heterocycles. The first kappa shape index (κ1) is 16.6. The normalized spacial score (nSPS) is 10.1. The van der Waals surface area contributed by atoms with Gasteiger partial charge in [0.05, 0.1) is 26.5 Å².